The molecular weight excluding hydrogens is 162 g/mol. The summed E-state index contributed by atoms with van der Waals surface area (Å²) >= 11 is 0. The molecule has 0 N–H and O–H groups in total. The molecule has 0 spiro atoms. The molecule has 0 aromatic heterocycles. The van der Waals surface area contributed by atoms with E-state index in [1.165, 1.54) is 25.0 Å². The van der Waals surface area contributed by atoms with Gasteiger partial charge >= 0.3 is 0 Å². The summed E-state index contributed by atoms with van der Waals surface area (Å²) in [6.07, 6.45) is 4.62. The zero-order valence-electron chi connectivity index (χ0n) is 8.36. The van der Waals surface area contributed by atoms with Crippen LogP contribution in [-0.4, -0.2) is 11.8 Å². The molecule has 5 unspecified atom stereocenters. The van der Waals surface area contributed by atoms with Crippen molar-refractivity contribution in [1.29, 1.82) is 0 Å². The highest BCUT2D eigenvalue weighted by molar-refractivity contribution is 5.86. The fraction of sp³-hybridized carbons (Fsp3) is 0.909. The lowest BCUT2D eigenvalue weighted by Crippen LogP contribution is -2.33. The Kier molecular flexibility index (Phi) is 1.50. The zero-order valence-corrected chi connectivity index (χ0v) is 8.36. The van der Waals surface area contributed by atoms with Crippen LogP contribution in [0.1, 0.15) is 33.1 Å². The largest absolute Gasteiger partial charge is 0.392 e. The Morgan fingerprint density at radius 2 is 2.31 bits per heavy atom. The molecule has 0 amide bonds. The van der Waals surface area contributed by atoms with Crippen molar-refractivity contribution in [3.8, 4) is 0 Å². The second kappa shape index (κ2) is 2.49. The van der Waals surface area contributed by atoms with Crippen molar-refractivity contribution < 1.29 is 4.84 Å². The van der Waals surface area contributed by atoms with Crippen molar-refractivity contribution in [3.63, 3.8) is 0 Å². The molecule has 0 aromatic carbocycles. The molecule has 2 fully saturated rings. The minimum Gasteiger partial charge on any atom is -0.392 e. The van der Waals surface area contributed by atoms with Crippen molar-refractivity contribution in [2.45, 2.75) is 39.2 Å². The Bertz CT molecular complexity index is 259. The number of fused-ring (bicyclic) bond motifs is 5. The number of oxime groups is 1. The molecule has 72 valence electrons. The average molecular weight is 179 g/mol. The Balaban J connectivity index is 1.87. The molecule has 3 rings (SSSR count). The van der Waals surface area contributed by atoms with Gasteiger partial charge in [0.25, 0.3) is 0 Å². The summed E-state index contributed by atoms with van der Waals surface area (Å²) in [7, 11) is 0. The molecule has 2 heteroatoms. The summed E-state index contributed by atoms with van der Waals surface area (Å²) in [5, 5.41) is 4.15. The highest BCUT2D eigenvalue weighted by Gasteiger charge is 2.56. The average Bonchev–Trinajstić information content (AvgIpc) is 2.76. The third kappa shape index (κ3) is 0.866. The first kappa shape index (κ1) is 7.84. The molecule has 13 heavy (non-hydrogen) atoms. The van der Waals surface area contributed by atoms with E-state index in [4.69, 9.17) is 4.84 Å². The van der Waals surface area contributed by atoms with Gasteiger partial charge < -0.3 is 4.84 Å². The molecule has 3 aliphatic rings. The zero-order chi connectivity index (χ0) is 9.00. The molecule has 5 atom stereocenters. The maximum atomic E-state index is 5.54. The summed E-state index contributed by atoms with van der Waals surface area (Å²) in [5.41, 5.74) is 1.26. The van der Waals surface area contributed by atoms with Gasteiger partial charge in [0.15, 0.2) is 0 Å². The van der Waals surface area contributed by atoms with Crippen molar-refractivity contribution in [2.24, 2.45) is 28.8 Å². The molecule has 2 aliphatic carbocycles. The number of hydrogen-bond donors (Lipinski definition) is 0. The lowest BCUT2D eigenvalue weighted by molar-refractivity contribution is 0.00661. The van der Waals surface area contributed by atoms with E-state index in [1.54, 1.807) is 0 Å². The van der Waals surface area contributed by atoms with Gasteiger partial charge in [0.2, 0.25) is 0 Å². The molecule has 1 aliphatic heterocycles. The number of hydrogen-bond acceptors (Lipinski definition) is 2. The summed E-state index contributed by atoms with van der Waals surface area (Å²) in [6.45, 7) is 4.44. The van der Waals surface area contributed by atoms with Gasteiger partial charge in [-0.1, -0.05) is 18.5 Å². The molecule has 1 heterocycles. The van der Waals surface area contributed by atoms with Gasteiger partial charge in [-0.15, -0.1) is 0 Å². The van der Waals surface area contributed by atoms with Crippen LogP contribution in [0.4, 0.5) is 0 Å². The monoisotopic (exact) mass is 179 g/mol. The second-order valence-corrected chi connectivity index (χ2v) is 4.89. The van der Waals surface area contributed by atoms with E-state index >= 15 is 0 Å². The van der Waals surface area contributed by atoms with E-state index in [9.17, 15) is 0 Å². The maximum Gasteiger partial charge on any atom is 0.139 e. The summed E-state index contributed by atoms with van der Waals surface area (Å²) < 4.78 is 0. The quantitative estimate of drug-likeness (QED) is 0.606. The predicted octanol–water partition coefficient (Wildman–Crippen LogP) is 2.44. The van der Waals surface area contributed by atoms with Gasteiger partial charge in [-0.2, -0.15) is 0 Å². The molecule has 2 bridgehead atoms. The van der Waals surface area contributed by atoms with Crippen molar-refractivity contribution in [3.05, 3.63) is 0 Å². The SMILES string of the molecule is CCC1CC2CC1C1ON=C(C)C21. The van der Waals surface area contributed by atoms with Crippen LogP contribution >= 0.6 is 0 Å². The highest BCUT2D eigenvalue weighted by Crippen LogP contribution is 2.56. The van der Waals surface area contributed by atoms with Crippen molar-refractivity contribution >= 4 is 5.71 Å². The van der Waals surface area contributed by atoms with E-state index in [0.717, 1.165) is 17.8 Å². The summed E-state index contributed by atoms with van der Waals surface area (Å²) in [4.78, 5) is 5.54. The van der Waals surface area contributed by atoms with Crippen molar-refractivity contribution in [1.82, 2.24) is 0 Å². The number of nitrogens with zero attached hydrogens (tertiary/aromatic N) is 1. The van der Waals surface area contributed by atoms with Gasteiger partial charge in [0.05, 0.1) is 5.71 Å². The van der Waals surface area contributed by atoms with Crippen LogP contribution in [-0.2, 0) is 4.84 Å². The van der Waals surface area contributed by atoms with E-state index < -0.39 is 0 Å². The van der Waals surface area contributed by atoms with Gasteiger partial charge in [-0.25, -0.2) is 0 Å². The Labute approximate surface area is 79.3 Å². The molecule has 2 nitrogen and oxygen atoms in total. The predicted molar refractivity (Wildman–Crippen MR) is 51.5 cm³/mol. The number of rotatable bonds is 1. The Hall–Kier alpha value is -0.530. The minimum atomic E-state index is 0.462. The van der Waals surface area contributed by atoms with Gasteiger partial charge in [0, 0.05) is 11.8 Å². The lowest BCUT2D eigenvalue weighted by atomic mass is 9.77. The molecule has 0 aromatic rings. The van der Waals surface area contributed by atoms with Gasteiger partial charge in [-0.05, 0) is 31.6 Å². The summed E-state index contributed by atoms with van der Waals surface area (Å²) in [6, 6.07) is 0. The van der Waals surface area contributed by atoms with Crippen LogP contribution in [0.25, 0.3) is 0 Å². The van der Waals surface area contributed by atoms with Crippen LogP contribution in [0.2, 0.25) is 0 Å². The Morgan fingerprint density at radius 3 is 3.08 bits per heavy atom. The third-order valence-electron chi connectivity index (χ3n) is 4.39. The molecular formula is C11H17NO. The first-order chi connectivity index (χ1) is 6.31. The lowest BCUT2D eigenvalue weighted by Gasteiger charge is -2.28. The normalized spacial score (nSPS) is 51.8. The highest BCUT2D eigenvalue weighted by atomic mass is 16.6. The fourth-order valence-corrected chi connectivity index (χ4v) is 3.83. The van der Waals surface area contributed by atoms with Gasteiger partial charge in [0.1, 0.15) is 6.10 Å². The minimum absolute atomic E-state index is 0.462. The van der Waals surface area contributed by atoms with Crippen LogP contribution < -0.4 is 0 Å². The third-order valence-corrected chi connectivity index (χ3v) is 4.39. The molecule has 0 radical (unpaired) electrons. The van der Waals surface area contributed by atoms with E-state index in [2.05, 4.69) is 19.0 Å². The topological polar surface area (TPSA) is 21.6 Å². The van der Waals surface area contributed by atoms with Crippen LogP contribution in [0.15, 0.2) is 5.16 Å². The first-order valence-electron chi connectivity index (χ1n) is 5.51. The maximum absolute atomic E-state index is 5.54. The second-order valence-electron chi connectivity index (χ2n) is 4.89. The molecule has 2 saturated carbocycles. The first-order valence-corrected chi connectivity index (χ1v) is 5.51. The fourth-order valence-electron chi connectivity index (χ4n) is 3.83. The van der Waals surface area contributed by atoms with Gasteiger partial charge in [-0.3, -0.25) is 0 Å². The van der Waals surface area contributed by atoms with E-state index in [0.29, 0.717) is 12.0 Å². The van der Waals surface area contributed by atoms with Crippen LogP contribution in [0.3, 0.4) is 0 Å². The Morgan fingerprint density at radius 1 is 1.46 bits per heavy atom. The smallest absolute Gasteiger partial charge is 0.139 e. The van der Waals surface area contributed by atoms with Crippen molar-refractivity contribution in [2.75, 3.05) is 0 Å². The van der Waals surface area contributed by atoms with Crippen LogP contribution in [0.5, 0.6) is 0 Å². The van der Waals surface area contributed by atoms with Crippen LogP contribution in [0, 0.1) is 23.7 Å². The van der Waals surface area contributed by atoms with E-state index in [1.807, 2.05) is 0 Å². The standard InChI is InChI=1S/C11H17NO/c1-3-7-4-8-5-9(7)11-10(8)6(2)12-13-11/h7-11H,3-5H2,1-2H3. The van der Waals surface area contributed by atoms with E-state index in [-0.39, 0.29) is 0 Å². The summed E-state index contributed by atoms with van der Waals surface area (Å²) in [5.74, 6) is 3.33. The molecule has 0 saturated heterocycles.